The van der Waals surface area contributed by atoms with Crippen LogP contribution in [0.2, 0.25) is 0 Å². The van der Waals surface area contributed by atoms with Gasteiger partial charge in [0.05, 0.1) is 0 Å². The van der Waals surface area contributed by atoms with E-state index in [-0.39, 0.29) is 11.7 Å². The van der Waals surface area contributed by atoms with E-state index in [9.17, 15) is 9.18 Å². The highest BCUT2D eigenvalue weighted by molar-refractivity contribution is 5.94. The van der Waals surface area contributed by atoms with Gasteiger partial charge in [0.15, 0.2) is 0 Å². The predicted molar refractivity (Wildman–Crippen MR) is 78.2 cm³/mol. The Morgan fingerprint density at radius 2 is 2.10 bits per heavy atom. The first-order valence-corrected chi connectivity index (χ1v) is 7.34. The van der Waals surface area contributed by atoms with Gasteiger partial charge >= 0.3 is 0 Å². The van der Waals surface area contributed by atoms with E-state index in [0.29, 0.717) is 17.5 Å². The average Bonchev–Trinajstić information content (AvgIpc) is 2.63. The molecule has 110 valence electrons. The molecule has 0 spiro atoms. The molecule has 0 aromatic heterocycles. The van der Waals surface area contributed by atoms with Gasteiger partial charge in [0.25, 0.3) is 5.91 Å². The topological polar surface area (TPSA) is 32.3 Å². The molecular formula is C16H23FN2O. The van der Waals surface area contributed by atoms with Crippen LogP contribution < -0.4 is 5.32 Å². The van der Waals surface area contributed by atoms with Crippen LogP contribution in [0.15, 0.2) is 24.3 Å². The highest BCUT2D eigenvalue weighted by atomic mass is 19.1. The molecule has 0 bridgehead atoms. The summed E-state index contributed by atoms with van der Waals surface area (Å²) < 4.78 is 12.9. The number of halogens is 1. The van der Waals surface area contributed by atoms with Gasteiger partial charge in [0, 0.05) is 24.7 Å². The zero-order chi connectivity index (χ0) is 14.5. The van der Waals surface area contributed by atoms with E-state index in [0.717, 1.165) is 32.5 Å². The van der Waals surface area contributed by atoms with Crippen LogP contribution >= 0.6 is 0 Å². The maximum atomic E-state index is 12.9. The van der Waals surface area contributed by atoms with Crippen LogP contribution in [0.5, 0.6) is 0 Å². The van der Waals surface area contributed by atoms with Crippen molar-refractivity contribution in [2.45, 2.75) is 32.7 Å². The van der Waals surface area contributed by atoms with E-state index in [1.807, 2.05) is 4.90 Å². The number of hydrogen-bond donors (Lipinski definition) is 1. The summed E-state index contributed by atoms with van der Waals surface area (Å²) in [7, 11) is 0. The number of hydrogen-bond acceptors (Lipinski definition) is 2. The van der Waals surface area contributed by atoms with E-state index in [1.54, 1.807) is 12.1 Å². The standard InChI is InChI=1S/C16H23FN2O/c1-12(2)10-15-11-19(9-3-8-18-15)16(20)13-4-6-14(17)7-5-13/h4-7,12,15,18H,3,8-11H2,1-2H3. The number of carbonyl (C=O) groups excluding carboxylic acids is 1. The molecule has 3 nitrogen and oxygen atoms in total. The Morgan fingerprint density at radius 3 is 2.75 bits per heavy atom. The van der Waals surface area contributed by atoms with Crippen molar-refractivity contribution in [1.29, 1.82) is 0 Å². The lowest BCUT2D eigenvalue weighted by molar-refractivity contribution is 0.0749. The third-order valence-electron chi connectivity index (χ3n) is 3.61. The minimum atomic E-state index is -0.309. The summed E-state index contributed by atoms with van der Waals surface area (Å²) in [6.07, 6.45) is 2.02. The molecule has 1 saturated heterocycles. The van der Waals surface area contributed by atoms with Crippen LogP contribution in [-0.2, 0) is 0 Å². The van der Waals surface area contributed by atoms with E-state index in [4.69, 9.17) is 0 Å². The minimum Gasteiger partial charge on any atom is -0.337 e. The Hall–Kier alpha value is -1.42. The SMILES string of the molecule is CC(C)CC1CN(C(=O)c2ccc(F)cc2)CCCN1. The van der Waals surface area contributed by atoms with Crippen molar-refractivity contribution < 1.29 is 9.18 Å². The lowest BCUT2D eigenvalue weighted by atomic mass is 10.0. The second-order valence-electron chi connectivity index (χ2n) is 5.89. The molecule has 0 saturated carbocycles. The molecule has 1 amide bonds. The van der Waals surface area contributed by atoms with Crippen LogP contribution in [0.1, 0.15) is 37.0 Å². The van der Waals surface area contributed by atoms with Crippen molar-refractivity contribution in [3.63, 3.8) is 0 Å². The molecule has 1 heterocycles. The summed E-state index contributed by atoms with van der Waals surface area (Å²) in [5, 5.41) is 3.50. The maximum absolute atomic E-state index is 12.9. The Bertz CT molecular complexity index is 444. The Kier molecular flexibility index (Phi) is 5.12. The van der Waals surface area contributed by atoms with Crippen molar-refractivity contribution in [2.75, 3.05) is 19.6 Å². The quantitative estimate of drug-likeness (QED) is 0.922. The van der Waals surface area contributed by atoms with Crippen LogP contribution in [0.4, 0.5) is 4.39 Å². The molecule has 1 aliphatic heterocycles. The molecule has 20 heavy (non-hydrogen) atoms. The van der Waals surface area contributed by atoms with Gasteiger partial charge < -0.3 is 10.2 Å². The highest BCUT2D eigenvalue weighted by Crippen LogP contribution is 2.13. The summed E-state index contributed by atoms with van der Waals surface area (Å²) in [6, 6.07) is 6.16. The predicted octanol–water partition coefficient (Wildman–Crippen LogP) is 2.68. The van der Waals surface area contributed by atoms with Gasteiger partial charge in [0.2, 0.25) is 0 Å². The summed E-state index contributed by atoms with van der Waals surface area (Å²) in [6.45, 7) is 6.83. The minimum absolute atomic E-state index is 0.00227. The lowest BCUT2D eigenvalue weighted by Gasteiger charge is -2.25. The van der Waals surface area contributed by atoms with Crippen molar-refractivity contribution >= 4 is 5.91 Å². The van der Waals surface area contributed by atoms with Gasteiger partial charge in [0.1, 0.15) is 5.82 Å². The van der Waals surface area contributed by atoms with Crippen molar-refractivity contribution in [3.8, 4) is 0 Å². The van der Waals surface area contributed by atoms with E-state index in [1.165, 1.54) is 12.1 Å². The summed E-state index contributed by atoms with van der Waals surface area (Å²) in [5.41, 5.74) is 0.566. The Morgan fingerprint density at radius 1 is 1.40 bits per heavy atom. The average molecular weight is 278 g/mol. The fourth-order valence-corrected chi connectivity index (χ4v) is 2.68. The van der Waals surface area contributed by atoms with Crippen LogP contribution in [0, 0.1) is 11.7 Å². The monoisotopic (exact) mass is 278 g/mol. The maximum Gasteiger partial charge on any atom is 0.253 e. The molecule has 1 fully saturated rings. The van der Waals surface area contributed by atoms with Gasteiger partial charge in [-0.15, -0.1) is 0 Å². The van der Waals surface area contributed by atoms with Crippen molar-refractivity contribution in [3.05, 3.63) is 35.6 Å². The first kappa shape index (κ1) is 15.0. The molecule has 1 aromatic carbocycles. The third kappa shape index (κ3) is 4.04. The highest BCUT2D eigenvalue weighted by Gasteiger charge is 2.23. The molecule has 1 N–H and O–H groups in total. The molecule has 1 unspecified atom stereocenters. The molecule has 1 atom stereocenters. The number of nitrogens with zero attached hydrogens (tertiary/aromatic N) is 1. The molecule has 0 aliphatic carbocycles. The third-order valence-corrected chi connectivity index (χ3v) is 3.61. The fraction of sp³-hybridized carbons (Fsp3) is 0.562. The number of rotatable bonds is 3. The normalized spacial score (nSPS) is 20.0. The van der Waals surface area contributed by atoms with E-state index in [2.05, 4.69) is 19.2 Å². The number of benzene rings is 1. The molecule has 2 rings (SSSR count). The first-order valence-electron chi connectivity index (χ1n) is 7.34. The lowest BCUT2D eigenvalue weighted by Crippen LogP contribution is -2.41. The second-order valence-corrected chi connectivity index (χ2v) is 5.89. The van der Waals surface area contributed by atoms with Crippen molar-refractivity contribution in [2.24, 2.45) is 5.92 Å². The zero-order valence-corrected chi connectivity index (χ0v) is 12.2. The Labute approximate surface area is 120 Å². The van der Waals surface area contributed by atoms with Gasteiger partial charge in [-0.25, -0.2) is 4.39 Å². The number of nitrogens with one attached hydrogen (secondary N) is 1. The van der Waals surface area contributed by atoms with Crippen LogP contribution in [-0.4, -0.2) is 36.5 Å². The smallest absolute Gasteiger partial charge is 0.253 e. The van der Waals surface area contributed by atoms with Gasteiger partial charge in [-0.05, 0) is 49.6 Å². The van der Waals surface area contributed by atoms with E-state index >= 15 is 0 Å². The van der Waals surface area contributed by atoms with Crippen molar-refractivity contribution in [1.82, 2.24) is 10.2 Å². The summed E-state index contributed by atoms with van der Waals surface area (Å²) in [5.74, 6) is 0.299. The zero-order valence-electron chi connectivity index (χ0n) is 12.2. The molecule has 1 aliphatic rings. The van der Waals surface area contributed by atoms with Crippen LogP contribution in [0.3, 0.4) is 0 Å². The molecule has 0 radical (unpaired) electrons. The summed E-state index contributed by atoms with van der Waals surface area (Å²) in [4.78, 5) is 14.4. The molecular weight excluding hydrogens is 255 g/mol. The molecule has 1 aromatic rings. The van der Waals surface area contributed by atoms with Crippen LogP contribution in [0.25, 0.3) is 0 Å². The van der Waals surface area contributed by atoms with Gasteiger partial charge in [-0.1, -0.05) is 13.8 Å². The molecule has 4 heteroatoms. The first-order chi connectivity index (χ1) is 9.56. The fourth-order valence-electron chi connectivity index (χ4n) is 2.68. The van der Waals surface area contributed by atoms with E-state index < -0.39 is 0 Å². The largest absolute Gasteiger partial charge is 0.337 e. The summed E-state index contributed by atoms with van der Waals surface area (Å²) >= 11 is 0. The number of carbonyl (C=O) groups is 1. The Balaban J connectivity index is 2.05. The second kappa shape index (κ2) is 6.84. The van der Waals surface area contributed by atoms with Gasteiger partial charge in [-0.3, -0.25) is 4.79 Å². The number of amides is 1. The van der Waals surface area contributed by atoms with Gasteiger partial charge in [-0.2, -0.15) is 0 Å².